The molecule has 0 unspecified atom stereocenters. The van der Waals surface area contributed by atoms with Crippen molar-refractivity contribution in [3.05, 3.63) is 6.20 Å². The van der Waals surface area contributed by atoms with Crippen LogP contribution in [0, 0.1) is 0 Å². The highest BCUT2D eigenvalue weighted by molar-refractivity contribution is 5.88. The molecule has 0 radical (unpaired) electrons. The summed E-state index contributed by atoms with van der Waals surface area (Å²) in [6.45, 7) is 0. The number of H-pyrrole nitrogens is 1. The fraction of sp³-hybridized carbons (Fsp3) is 0.667. The van der Waals surface area contributed by atoms with Crippen LogP contribution >= 0.6 is 0 Å². The maximum absolute atomic E-state index is 11.5. The van der Waals surface area contributed by atoms with Gasteiger partial charge in [0.05, 0.1) is 6.20 Å². The van der Waals surface area contributed by atoms with E-state index < -0.39 is 0 Å². The first-order chi connectivity index (χ1) is 7.34. The van der Waals surface area contributed by atoms with Crippen molar-refractivity contribution in [2.75, 3.05) is 5.32 Å². The lowest BCUT2D eigenvalue weighted by molar-refractivity contribution is 0.244. The number of aromatic nitrogens is 3. The van der Waals surface area contributed by atoms with Crippen LogP contribution < -0.4 is 10.6 Å². The zero-order valence-electron chi connectivity index (χ0n) is 8.49. The van der Waals surface area contributed by atoms with E-state index in [1.54, 1.807) is 0 Å². The van der Waals surface area contributed by atoms with Crippen molar-refractivity contribution >= 4 is 11.8 Å². The number of anilines is 1. The summed E-state index contributed by atoms with van der Waals surface area (Å²) in [5.41, 5.74) is 0. The van der Waals surface area contributed by atoms with Gasteiger partial charge < -0.3 is 5.32 Å². The highest BCUT2D eigenvalue weighted by Gasteiger charge is 2.15. The van der Waals surface area contributed by atoms with E-state index in [1.807, 2.05) is 0 Å². The highest BCUT2D eigenvalue weighted by atomic mass is 16.2. The average molecular weight is 209 g/mol. The van der Waals surface area contributed by atoms with Gasteiger partial charge >= 0.3 is 6.03 Å². The van der Waals surface area contributed by atoms with Crippen LogP contribution in [0.3, 0.4) is 0 Å². The number of rotatable bonds is 2. The minimum Gasteiger partial charge on any atom is -0.335 e. The van der Waals surface area contributed by atoms with Crippen molar-refractivity contribution in [2.24, 2.45) is 0 Å². The standard InChI is InChI=1S/C9H15N5O/c15-9(12-8-6-10-14-13-8)11-7-4-2-1-3-5-7/h6-7H,1-5H2,(H3,10,11,12,13,14,15). The first kappa shape index (κ1) is 9.95. The molecule has 0 spiro atoms. The Morgan fingerprint density at radius 1 is 1.40 bits per heavy atom. The van der Waals surface area contributed by atoms with Crippen molar-refractivity contribution in [1.29, 1.82) is 0 Å². The van der Waals surface area contributed by atoms with Gasteiger partial charge in [-0.1, -0.05) is 19.3 Å². The number of urea groups is 1. The molecule has 0 bridgehead atoms. The molecule has 0 saturated heterocycles. The number of carbonyl (C=O) groups is 1. The molecule has 1 fully saturated rings. The third-order valence-electron chi connectivity index (χ3n) is 2.60. The molecule has 1 aromatic rings. The van der Waals surface area contributed by atoms with E-state index in [9.17, 15) is 4.79 Å². The number of nitrogens with zero attached hydrogens (tertiary/aromatic N) is 2. The molecule has 0 aliphatic heterocycles. The zero-order valence-corrected chi connectivity index (χ0v) is 8.49. The van der Waals surface area contributed by atoms with E-state index in [0.29, 0.717) is 11.9 Å². The van der Waals surface area contributed by atoms with Crippen LogP contribution in [0.5, 0.6) is 0 Å². The average Bonchev–Trinajstić information content (AvgIpc) is 2.71. The van der Waals surface area contributed by atoms with Gasteiger partial charge in [0.15, 0.2) is 5.82 Å². The zero-order chi connectivity index (χ0) is 10.5. The lowest BCUT2D eigenvalue weighted by Crippen LogP contribution is -2.39. The summed E-state index contributed by atoms with van der Waals surface area (Å²) in [6.07, 6.45) is 7.31. The Bertz CT molecular complexity index is 304. The predicted octanol–water partition coefficient (Wildman–Crippen LogP) is 1.26. The van der Waals surface area contributed by atoms with E-state index in [-0.39, 0.29) is 6.03 Å². The molecule has 1 aromatic heterocycles. The maximum atomic E-state index is 11.5. The number of nitrogens with one attached hydrogen (secondary N) is 3. The largest absolute Gasteiger partial charge is 0.335 e. The summed E-state index contributed by atoms with van der Waals surface area (Å²) in [6, 6.07) is 0.112. The van der Waals surface area contributed by atoms with Crippen molar-refractivity contribution in [2.45, 2.75) is 38.1 Å². The Hall–Kier alpha value is -1.59. The second kappa shape index (κ2) is 4.77. The molecule has 3 N–H and O–H groups in total. The Kier molecular flexibility index (Phi) is 3.16. The summed E-state index contributed by atoms with van der Waals surface area (Å²) >= 11 is 0. The Morgan fingerprint density at radius 2 is 2.20 bits per heavy atom. The van der Waals surface area contributed by atoms with Crippen LogP contribution in [-0.4, -0.2) is 27.5 Å². The molecular formula is C9H15N5O. The number of carbonyl (C=O) groups excluding carboxylic acids is 1. The quantitative estimate of drug-likeness (QED) is 0.685. The second-order valence-electron chi connectivity index (χ2n) is 3.79. The van der Waals surface area contributed by atoms with Gasteiger partial charge in [0, 0.05) is 6.04 Å². The molecule has 82 valence electrons. The Morgan fingerprint density at radius 3 is 2.87 bits per heavy atom. The molecule has 1 aliphatic rings. The molecule has 2 amide bonds. The minimum absolute atomic E-state index is 0.198. The van der Waals surface area contributed by atoms with Crippen molar-refractivity contribution in [1.82, 2.24) is 20.7 Å². The SMILES string of the molecule is O=C(Nc1cn[nH]n1)NC1CCCCC1. The fourth-order valence-electron chi connectivity index (χ4n) is 1.85. The number of aromatic amines is 1. The Balaban J connectivity index is 1.76. The molecule has 6 heteroatoms. The Labute approximate surface area is 87.8 Å². The van der Waals surface area contributed by atoms with Crippen LogP contribution in [0.2, 0.25) is 0 Å². The van der Waals surface area contributed by atoms with E-state index in [2.05, 4.69) is 26.0 Å². The number of hydrogen-bond acceptors (Lipinski definition) is 3. The predicted molar refractivity (Wildman–Crippen MR) is 55.4 cm³/mol. The van der Waals surface area contributed by atoms with Gasteiger partial charge in [-0.15, -0.1) is 5.10 Å². The fourth-order valence-corrected chi connectivity index (χ4v) is 1.85. The summed E-state index contributed by atoms with van der Waals surface area (Å²) in [5, 5.41) is 15.3. The molecule has 0 aromatic carbocycles. The molecule has 1 saturated carbocycles. The topological polar surface area (TPSA) is 82.7 Å². The van der Waals surface area contributed by atoms with Gasteiger partial charge in [-0.3, -0.25) is 5.32 Å². The smallest absolute Gasteiger partial charge is 0.320 e. The molecule has 2 rings (SSSR count). The van der Waals surface area contributed by atoms with E-state index >= 15 is 0 Å². The highest BCUT2D eigenvalue weighted by Crippen LogP contribution is 2.17. The molecule has 1 heterocycles. The van der Waals surface area contributed by atoms with Crippen LogP contribution in [-0.2, 0) is 0 Å². The van der Waals surface area contributed by atoms with Gasteiger partial charge in [0.2, 0.25) is 0 Å². The number of amides is 2. The van der Waals surface area contributed by atoms with E-state index in [4.69, 9.17) is 0 Å². The summed E-state index contributed by atoms with van der Waals surface area (Å²) < 4.78 is 0. The second-order valence-corrected chi connectivity index (χ2v) is 3.79. The van der Waals surface area contributed by atoms with E-state index in [1.165, 1.54) is 25.5 Å². The van der Waals surface area contributed by atoms with E-state index in [0.717, 1.165) is 12.8 Å². The molecular weight excluding hydrogens is 194 g/mol. The minimum atomic E-state index is -0.198. The van der Waals surface area contributed by atoms with Gasteiger partial charge in [-0.2, -0.15) is 10.3 Å². The van der Waals surface area contributed by atoms with Crippen LogP contribution in [0.25, 0.3) is 0 Å². The van der Waals surface area contributed by atoms with Crippen LogP contribution in [0.4, 0.5) is 10.6 Å². The third-order valence-corrected chi connectivity index (χ3v) is 2.60. The monoisotopic (exact) mass is 209 g/mol. The summed E-state index contributed by atoms with van der Waals surface area (Å²) in [7, 11) is 0. The first-order valence-electron chi connectivity index (χ1n) is 5.28. The normalized spacial score (nSPS) is 17.3. The van der Waals surface area contributed by atoms with Gasteiger partial charge in [0.1, 0.15) is 0 Å². The van der Waals surface area contributed by atoms with Gasteiger partial charge in [-0.05, 0) is 12.8 Å². The molecule has 6 nitrogen and oxygen atoms in total. The first-order valence-corrected chi connectivity index (χ1v) is 5.28. The van der Waals surface area contributed by atoms with Crippen LogP contribution in [0.1, 0.15) is 32.1 Å². The van der Waals surface area contributed by atoms with Crippen molar-refractivity contribution in [3.8, 4) is 0 Å². The molecule has 15 heavy (non-hydrogen) atoms. The van der Waals surface area contributed by atoms with Crippen molar-refractivity contribution < 1.29 is 4.79 Å². The lowest BCUT2D eigenvalue weighted by atomic mass is 9.96. The van der Waals surface area contributed by atoms with Crippen molar-refractivity contribution in [3.63, 3.8) is 0 Å². The van der Waals surface area contributed by atoms with Crippen LogP contribution in [0.15, 0.2) is 6.20 Å². The maximum Gasteiger partial charge on any atom is 0.320 e. The lowest BCUT2D eigenvalue weighted by Gasteiger charge is -2.22. The third kappa shape index (κ3) is 2.93. The summed E-state index contributed by atoms with van der Waals surface area (Å²) in [5.74, 6) is 0.448. The summed E-state index contributed by atoms with van der Waals surface area (Å²) in [4.78, 5) is 11.5. The van der Waals surface area contributed by atoms with Gasteiger partial charge in [0.25, 0.3) is 0 Å². The number of hydrogen-bond donors (Lipinski definition) is 3. The molecule has 1 aliphatic carbocycles. The van der Waals surface area contributed by atoms with Gasteiger partial charge in [-0.25, -0.2) is 4.79 Å². The molecule has 0 atom stereocenters.